The van der Waals surface area contributed by atoms with Crippen LogP contribution in [0, 0.1) is 17.2 Å². The van der Waals surface area contributed by atoms with Gasteiger partial charge in [-0.25, -0.2) is 4.98 Å². The molecular weight excluding hydrogens is 636 g/mol. The van der Waals surface area contributed by atoms with Gasteiger partial charge in [-0.3, -0.25) is 39.3 Å². The van der Waals surface area contributed by atoms with Crippen LogP contribution in [0.2, 0.25) is 0 Å². The lowest BCUT2D eigenvalue weighted by molar-refractivity contribution is -0.136. The van der Waals surface area contributed by atoms with Crippen LogP contribution >= 0.6 is 0 Å². The number of carbonyl (C=O) groups is 4. The average molecular weight is 677 g/mol. The zero-order valence-corrected chi connectivity index (χ0v) is 27.7. The van der Waals surface area contributed by atoms with E-state index < -0.39 is 29.7 Å². The molecule has 1 atom stereocenters. The summed E-state index contributed by atoms with van der Waals surface area (Å²) in [5.41, 5.74) is 6.23. The van der Waals surface area contributed by atoms with Gasteiger partial charge in [0.15, 0.2) is 0 Å². The zero-order chi connectivity index (χ0) is 34.4. The minimum Gasteiger partial charge on any atom is -0.388 e. The van der Waals surface area contributed by atoms with Crippen LogP contribution in [0.15, 0.2) is 48.8 Å². The van der Waals surface area contributed by atoms with Gasteiger partial charge in [-0.2, -0.15) is 0 Å². The molecule has 1 unspecified atom stereocenters. The molecule has 50 heavy (non-hydrogen) atoms. The van der Waals surface area contributed by atoms with Crippen molar-refractivity contribution in [2.24, 2.45) is 11.8 Å². The first kappa shape index (κ1) is 32.2. The predicted octanol–water partition coefficient (Wildman–Crippen LogP) is 3.11. The van der Waals surface area contributed by atoms with Crippen molar-refractivity contribution in [3.05, 3.63) is 71.2 Å². The highest BCUT2D eigenvalue weighted by molar-refractivity contribution is 6.24. The molecule has 5 aliphatic rings. The van der Waals surface area contributed by atoms with E-state index in [1.54, 1.807) is 24.4 Å². The third-order valence-corrected chi connectivity index (χ3v) is 10.4. The van der Waals surface area contributed by atoms with E-state index in [1.807, 2.05) is 12.3 Å². The van der Waals surface area contributed by atoms with Gasteiger partial charge < -0.3 is 20.8 Å². The number of benzene rings is 2. The number of amides is 4. The van der Waals surface area contributed by atoms with Crippen molar-refractivity contribution >= 4 is 51.6 Å². The van der Waals surface area contributed by atoms with Crippen molar-refractivity contribution < 1.29 is 23.9 Å². The Morgan fingerprint density at radius 3 is 2.56 bits per heavy atom. The van der Waals surface area contributed by atoms with Crippen molar-refractivity contribution in [2.45, 2.75) is 57.2 Å². The Labute approximate surface area is 289 Å². The Hall–Kier alpha value is -5.01. The number of carbonyl (C=O) groups excluding carboxylic acids is 4. The Morgan fingerprint density at radius 2 is 1.78 bits per heavy atom. The van der Waals surface area contributed by atoms with Gasteiger partial charge in [0, 0.05) is 67.7 Å². The molecule has 4 N–H and O–H groups in total. The molecule has 0 spiro atoms. The first-order valence-electron chi connectivity index (χ1n) is 17.5. The molecule has 0 radical (unpaired) electrons. The van der Waals surface area contributed by atoms with Crippen LogP contribution in [-0.4, -0.2) is 94.0 Å². The number of nitrogens with zero attached hydrogens (tertiary/aromatic N) is 4. The molecule has 2 aromatic carbocycles. The molecule has 2 saturated carbocycles. The number of morpholine rings is 1. The summed E-state index contributed by atoms with van der Waals surface area (Å²) >= 11 is 0. The van der Waals surface area contributed by atoms with Crippen molar-refractivity contribution in [3.63, 3.8) is 0 Å². The maximum absolute atomic E-state index is 13.2. The van der Waals surface area contributed by atoms with Gasteiger partial charge in [0.05, 0.1) is 47.3 Å². The molecule has 1 aromatic heterocycles. The summed E-state index contributed by atoms with van der Waals surface area (Å²) in [6.07, 6.45) is 7.87. The number of anilines is 1. The zero-order valence-electron chi connectivity index (χ0n) is 27.7. The Bertz CT molecular complexity index is 1930. The number of rotatable bonds is 11. The van der Waals surface area contributed by atoms with Gasteiger partial charge in [-0.15, -0.1) is 0 Å². The topological polar surface area (TPSA) is 170 Å². The van der Waals surface area contributed by atoms with Crippen molar-refractivity contribution in [3.8, 4) is 0 Å². The van der Waals surface area contributed by atoms with Gasteiger partial charge >= 0.3 is 0 Å². The van der Waals surface area contributed by atoms with Gasteiger partial charge in [0.1, 0.15) is 6.04 Å². The van der Waals surface area contributed by atoms with E-state index in [9.17, 15) is 19.2 Å². The average Bonchev–Trinajstić information content (AvgIpc) is 3.92. The lowest BCUT2D eigenvalue weighted by atomic mass is 9.80. The molecule has 4 amide bonds. The van der Waals surface area contributed by atoms with Gasteiger partial charge in [0.25, 0.3) is 11.8 Å². The molecule has 2 aliphatic carbocycles. The third-order valence-electron chi connectivity index (χ3n) is 10.4. The van der Waals surface area contributed by atoms with Crippen LogP contribution in [0.5, 0.6) is 0 Å². The largest absolute Gasteiger partial charge is 0.388 e. The maximum Gasteiger partial charge on any atom is 0.262 e. The SMILES string of the molecule is N=C(/C(=C\NC1CC(CNc2ccc3c(c2)C(=O)N(C2CCC(=O)NC2=O)C3=O)C1)c1cnc2ccc(CN3CCOCC3)cc2n1)C1CC1. The summed E-state index contributed by atoms with van der Waals surface area (Å²) in [6, 6.07) is 10.6. The third kappa shape index (κ3) is 6.50. The highest BCUT2D eigenvalue weighted by atomic mass is 16.5. The van der Waals surface area contributed by atoms with E-state index in [0.29, 0.717) is 23.9 Å². The standard InChI is InChI=1S/C37H40N8O5/c38-34(23-2-3-23)28(31-19-41-29-6-1-21(15-30(29)42-31)20-44-9-11-50-12-10-44)18-40-25-13-22(14-25)17-39-24-4-5-26-27(16-24)37(49)45(36(26)48)32-7-8-33(46)43-35(32)47/h1,4-6,15-16,18-19,22-23,25,32,38-40H,2-3,7-14,17,20H2,(H,43,46,47)/b28-18-,38-34?. The first-order chi connectivity index (χ1) is 24.3. The Morgan fingerprint density at radius 1 is 0.980 bits per heavy atom. The molecule has 13 nitrogen and oxygen atoms in total. The maximum atomic E-state index is 13.2. The number of piperidine rings is 1. The number of hydrogen-bond acceptors (Lipinski definition) is 11. The number of ether oxygens (including phenoxy) is 1. The first-order valence-corrected chi connectivity index (χ1v) is 17.5. The van der Waals surface area contributed by atoms with E-state index in [0.717, 1.165) is 85.7 Å². The van der Waals surface area contributed by atoms with Crippen LogP contribution in [0.25, 0.3) is 16.6 Å². The fourth-order valence-electron chi connectivity index (χ4n) is 7.27. The molecule has 8 rings (SSSR count). The molecule has 2 saturated heterocycles. The number of allylic oxidation sites excluding steroid dienone is 1. The van der Waals surface area contributed by atoms with Crippen LogP contribution in [-0.2, 0) is 20.9 Å². The van der Waals surface area contributed by atoms with E-state index in [-0.39, 0.29) is 35.9 Å². The fourth-order valence-corrected chi connectivity index (χ4v) is 7.27. The number of hydrogen-bond donors (Lipinski definition) is 4. The Kier molecular flexibility index (Phi) is 8.61. The minimum absolute atomic E-state index is 0.0857. The molecule has 0 bridgehead atoms. The lowest BCUT2D eigenvalue weighted by Crippen LogP contribution is -2.54. The number of imide groups is 2. The summed E-state index contributed by atoms with van der Waals surface area (Å²) in [5.74, 6) is -1.37. The minimum atomic E-state index is -0.981. The Balaban J connectivity index is 0.883. The van der Waals surface area contributed by atoms with E-state index >= 15 is 0 Å². The second kappa shape index (κ2) is 13.4. The molecule has 258 valence electrons. The second-order valence-electron chi connectivity index (χ2n) is 14.0. The summed E-state index contributed by atoms with van der Waals surface area (Å²) in [5, 5.41) is 18.1. The smallest absolute Gasteiger partial charge is 0.262 e. The van der Waals surface area contributed by atoms with Gasteiger partial charge in [-0.1, -0.05) is 6.07 Å². The summed E-state index contributed by atoms with van der Waals surface area (Å²) in [4.78, 5) is 63.2. The van der Waals surface area contributed by atoms with E-state index in [2.05, 4.69) is 33.0 Å². The molecule has 4 fully saturated rings. The number of fused-ring (bicyclic) bond motifs is 2. The molecular formula is C37H40N8O5. The van der Waals surface area contributed by atoms with Crippen LogP contribution < -0.4 is 16.0 Å². The molecule has 13 heteroatoms. The number of aromatic nitrogens is 2. The summed E-state index contributed by atoms with van der Waals surface area (Å²) in [6.45, 7) is 4.90. The number of nitrogens with one attached hydrogen (secondary N) is 4. The summed E-state index contributed by atoms with van der Waals surface area (Å²) in [7, 11) is 0. The molecule has 3 aromatic rings. The monoisotopic (exact) mass is 676 g/mol. The van der Waals surface area contributed by atoms with E-state index in [4.69, 9.17) is 20.1 Å². The van der Waals surface area contributed by atoms with Gasteiger partial charge in [-0.05, 0) is 73.9 Å². The fraction of sp³-hybridized carbons (Fsp3) is 0.432. The van der Waals surface area contributed by atoms with Crippen molar-refractivity contribution in [1.82, 2.24) is 30.4 Å². The van der Waals surface area contributed by atoms with Crippen molar-refractivity contribution in [2.75, 3.05) is 38.2 Å². The predicted molar refractivity (Wildman–Crippen MR) is 185 cm³/mol. The van der Waals surface area contributed by atoms with Crippen molar-refractivity contribution in [1.29, 1.82) is 5.41 Å². The highest BCUT2D eigenvalue weighted by Gasteiger charge is 2.44. The quantitative estimate of drug-likeness (QED) is 0.175. The lowest BCUT2D eigenvalue weighted by Gasteiger charge is -2.36. The van der Waals surface area contributed by atoms with Crippen LogP contribution in [0.4, 0.5) is 5.69 Å². The molecule has 4 heterocycles. The van der Waals surface area contributed by atoms with Gasteiger partial charge in [0.2, 0.25) is 11.8 Å². The normalized spacial score (nSPS) is 24.2. The van der Waals surface area contributed by atoms with Crippen LogP contribution in [0.3, 0.4) is 0 Å². The highest BCUT2D eigenvalue weighted by Crippen LogP contribution is 2.36. The van der Waals surface area contributed by atoms with Crippen LogP contribution in [0.1, 0.15) is 70.5 Å². The van der Waals surface area contributed by atoms with E-state index in [1.165, 1.54) is 5.56 Å². The second-order valence-corrected chi connectivity index (χ2v) is 14.0. The summed E-state index contributed by atoms with van der Waals surface area (Å²) < 4.78 is 5.49. The molecule has 3 aliphatic heterocycles.